The molecule has 0 saturated carbocycles. The fourth-order valence-corrected chi connectivity index (χ4v) is 2.74. The summed E-state index contributed by atoms with van der Waals surface area (Å²) < 4.78 is 0. The second-order valence-corrected chi connectivity index (χ2v) is 5.46. The van der Waals surface area contributed by atoms with Gasteiger partial charge in [0.1, 0.15) is 6.07 Å². The van der Waals surface area contributed by atoms with E-state index in [-0.39, 0.29) is 11.6 Å². The molecule has 0 aromatic heterocycles. The molecule has 0 radical (unpaired) electrons. The summed E-state index contributed by atoms with van der Waals surface area (Å²) in [5, 5.41) is 22.9. The van der Waals surface area contributed by atoms with E-state index in [1.165, 1.54) is 19.1 Å². The average Bonchev–Trinajstić information content (AvgIpc) is 2.52. The average molecular weight is 302 g/mol. The minimum Gasteiger partial charge on any atom is -0.370 e. The summed E-state index contributed by atoms with van der Waals surface area (Å²) in [6.07, 6.45) is 1.98. The highest BCUT2D eigenvalue weighted by molar-refractivity contribution is 5.72. The number of nitrogens with one attached hydrogen (secondary N) is 1. The molecule has 0 spiro atoms. The van der Waals surface area contributed by atoms with Gasteiger partial charge in [-0.05, 0) is 24.8 Å². The molecule has 1 aromatic carbocycles. The zero-order valence-corrected chi connectivity index (χ0v) is 12.4. The zero-order chi connectivity index (χ0) is 16.1. The number of hydrogen-bond donors (Lipinski definition) is 1. The molecule has 1 N–H and O–H groups in total. The van der Waals surface area contributed by atoms with Gasteiger partial charge in [-0.2, -0.15) is 5.26 Å². The molecule has 0 aliphatic carbocycles. The van der Waals surface area contributed by atoms with Gasteiger partial charge in [-0.15, -0.1) is 0 Å². The minimum absolute atomic E-state index is 0.0508. The SMILES string of the molecule is CC(=O)NCC1CCCN(c2ccc([N+](=O)[O-])cc2C#N)C1. The normalized spacial score (nSPS) is 17.6. The highest BCUT2D eigenvalue weighted by atomic mass is 16.6. The molecule has 1 saturated heterocycles. The van der Waals surface area contributed by atoms with Crippen LogP contribution in [-0.2, 0) is 4.79 Å². The van der Waals surface area contributed by atoms with Gasteiger partial charge in [-0.25, -0.2) is 0 Å². The first-order chi connectivity index (χ1) is 10.5. The summed E-state index contributed by atoms with van der Waals surface area (Å²) in [5.74, 6) is 0.268. The third kappa shape index (κ3) is 3.73. The number of nitro benzene ring substituents is 1. The molecule has 116 valence electrons. The van der Waals surface area contributed by atoms with Gasteiger partial charge in [0.15, 0.2) is 0 Å². The predicted octanol–water partition coefficient (Wildman–Crippen LogP) is 1.82. The molecular formula is C15H18N4O3. The van der Waals surface area contributed by atoms with Crippen molar-refractivity contribution >= 4 is 17.3 Å². The summed E-state index contributed by atoms with van der Waals surface area (Å²) in [4.78, 5) is 23.4. The maximum absolute atomic E-state index is 11.0. The van der Waals surface area contributed by atoms with Crippen LogP contribution in [0.1, 0.15) is 25.3 Å². The van der Waals surface area contributed by atoms with Crippen LogP contribution in [0, 0.1) is 27.4 Å². The van der Waals surface area contributed by atoms with E-state index in [0.29, 0.717) is 18.0 Å². The van der Waals surface area contributed by atoms with E-state index in [9.17, 15) is 20.2 Å². The Morgan fingerprint density at radius 3 is 3.00 bits per heavy atom. The molecule has 1 aliphatic rings. The van der Waals surface area contributed by atoms with Gasteiger partial charge >= 0.3 is 0 Å². The summed E-state index contributed by atoms with van der Waals surface area (Å²) in [6.45, 7) is 3.64. The van der Waals surface area contributed by atoms with Crippen LogP contribution in [0.4, 0.5) is 11.4 Å². The van der Waals surface area contributed by atoms with Crippen molar-refractivity contribution in [1.29, 1.82) is 5.26 Å². The standard InChI is InChI=1S/C15H18N4O3/c1-11(20)17-9-12-3-2-6-18(10-12)15-5-4-14(19(21)22)7-13(15)8-16/h4-5,7,12H,2-3,6,9-10H2,1H3,(H,17,20). The summed E-state index contributed by atoms with van der Waals surface area (Å²) in [5.41, 5.74) is 0.960. The first-order valence-corrected chi connectivity index (χ1v) is 7.19. The topological polar surface area (TPSA) is 99.3 Å². The maximum atomic E-state index is 11.0. The lowest BCUT2D eigenvalue weighted by Crippen LogP contribution is -2.40. The Labute approximate surface area is 128 Å². The molecule has 1 unspecified atom stereocenters. The molecule has 22 heavy (non-hydrogen) atoms. The third-order valence-corrected chi connectivity index (χ3v) is 3.81. The van der Waals surface area contributed by atoms with Crippen molar-refractivity contribution in [2.75, 3.05) is 24.5 Å². The molecule has 2 rings (SSSR count). The van der Waals surface area contributed by atoms with Crippen molar-refractivity contribution in [3.8, 4) is 6.07 Å². The van der Waals surface area contributed by atoms with Gasteiger partial charge in [0.05, 0.1) is 16.2 Å². The van der Waals surface area contributed by atoms with Gasteiger partial charge in [0.25, 0.3) is 5.69 Å². The van der Waals surface area contributed by atoms with Gasteiger partial charge < -0.3 is 10.2 Å². The van der Waals surface area contributed by atoms with Gasteiger partial charge in [-0.1, -0.05) is 0 Å². The van der Waals surface area contributed by atoms with Gasteiger partial charge in [0.2, 0.25) is 5.91 Å². The van der Waals surface area contributed by atoms with Crippen molar-refractivity contribution in [1.82, 2.24) is 5.32 Å². The smallest absolute Gasteiger partial charge is 0.270 e. The second-order valence-electron chi connectivity index (χ2n) is 5.46. The summed E-state index contributed by atoms with van der Waals surface area (Å²) in [7, 11) is 0. The number of nitrogens with zero attached hydrogens (tertiary/aromatic N) is 3. The van der Waals surface area contributed by atoms with Gasteiger partial charge in [0, 0.05) is 38.7 Å². The number of anilines is 1. The van der Waals surface area contributed by atoms with E-state index in [4.69, 9.17) is 0 Å². The molecular weight excluding hydrogens is 284 g/mol. The Morgan fingerprint density at radius 1 is 1.59 bits per heavy atom. The van der Waals surface area contributed by atoms with Crippen LogP contribution in [0.5, 0.6) is 0 Å². The van der Waals surface area contributed by atoms with E-state index in [1.54, 1.807) is 6.07 Å². The molecule has 7 nitrogen and oxygen atoms in total. The van der Waals surface area contributed by atoms with Crippen LogP contribution in [0.25, 0.3) is 0 Å². The number of nitro groups is 1. The molecule has 1 heterocycles. The number of nitriles is 1. The number of amides is 1. The van der Waals surface area contributed by atoms with Gasteiger partial charge in [-0.3, -0.25) is 14.9 Å². The Balaban J connectivity index is 2.15. The Kier molecular flexibility index (Phi) is 4.94. The molecule has 1 atom stereocenters. The molecule has 1 fully saturated rings. The van der Waals surface area contributed by atoms with Crippen LogP contribution in [0.15, 0.2) is 18.2 Å². The Morgan fingerprint density at radius 2 is 2.36 bits per heavy atom. The molecule has 1 aliphatic heterocycles. The fourth-order valence-electron chi connectivity index (χ4n) is 2.74. The lowest BCUT2D eigenvalue weighted by Gasteiger charge is -2.34. The summed E-state index contributed by atoms with van der Waals surface area (Å²) >= 11 is 0. The van der Waals surface area contributed by atoms with Crippen molar-refractivity contribution in [3.63, 3.8) is 0 Å². The van der Waals surface area contributed by atoms with Crippen molar-refractivity contribution in [2.45, 2.75) is 19.8 Å². The first-order valence-electron chi connectivity index (χ1n) is 7.19. The minimum atomic E-state index is -0.500. The van der Waals surface area contributed by atoms with Crippen molar-refractivity contribution in [3.05, 3.63) is 33.9 Å². The van der Waals surface area contributed by atoms with E-state index in [1.807, 2.05) is 6.07 Å². The number of carbonyl (C=O) groups is 1. The molecule has 0 bridgehead atoms. The Hall–Kier alpha value is -2.62. The number of hydrogen-bond acceptors (Lipinski definition) is 5. The van der Waals surface area contributed by atoms with E-state index < -0.39 is 4.92 Å². The van der Waals surface area contributed by atoms with E-state index in [0.717, 1.165) is 31.6 Å². The monoisotopic (exact) mass is 302 g/mol. The quantitative estimate of drug-likeness (QED) is 0.675. The highest BCUT2D eigenvalue weighted by Crippen LogP contribution is 2.28. The first kappa shape index (κ1) is 15.8. The zero-order valence-electron chi connectivity index (χ0n) is 12.4. The van der Waals surface area contributed by atoms with E-state index >= 15 is 0 Å². The molecule has 1 amide bonds. The van der Waals surface area contributed by atoms with Crippen LogP contribution < -0.4 is 10.2 Å². The van der Waals surface area contributed by atoms with Crippen molar-refractivity contribution in [2.24, 2.45) is 5.92 Å². The number of non-ortho nitro benzene ring substituents is 1. The van der Waals surface area contributed by atoms with E-state index in [2.05, 4.69) is 10.2 Å². The van der Waals surface area contributed by atoms with Crippen molar-refractivity contribution < 1.29 is 9.72 Å². The maximum Gasteiger partial charge on any atom is 0.270 e. The molecule has 7 heteroatoms. The predicted molar refractivity (Wildman–Crippen MR) is 81.4 cm³/mol. The summed E-state index contributed by atoms with van der Waals surface area (Å²) in [6, 6.07) is 6.41. The Bertz CT molecular complexity index is 624. The van der Waals surface area contributed by atoms with Crippen LogP contribution in [0.2, 0.25) is 0 Å². The second kappa shape index (κ2) is 6.89. The largest absolute Gasteiger partial charge is 0.370 e. The van der Waals surface area contributed by atoms with Crippen LogP contribution in [0.3, 0.4) is 0 Å². The van der Waals surface area contributed by atoms with Crippen LogP contribution in [-0.4, -0.2) is 30.5 Å². The lowest BCUT2D eigenvalue weighted by molar-refractivity contribution is -0.384. The number of benzene rings is 1. The number of rotatable bonds is 4. The third-order valence-electron chi connectivity index (χ3n) is 3.81. The fraction of sp³-hybridized carbons (Fsp3) is 0.467. The highest BCUT2D eigenvalue weighted by Gasteiger charge is 2.23. The molecule has 1 aromatic rings. The number of carbonyl (C=O) groups excluding carboxylic acids is 1. The van der Waals surface area contributed by atoms with Crippen LogP contribution >= 0.6 is 0 Å². The lowest BCUT2D eigenvalue weighted by atomic mass is 9.96. The number of piperidine rings is 1.